The quantitative estimate of drug-likeness (QED) is 0.546. The molecular weight excluding hydrogens is 166 g/mol. The Hall–Kier alpha value is -1.50. The second-order valence-corrected chi connectivity index (χ2v) is 2.42. The van der Waals surface area contributed by atoms with Crippen molar-refractivity contribution in [2.45, 2.75) is 0 Å². The Kier molecular flexibility index (Phi) is 1.13. The van der Waals surface area contributed by atoms with Gasteiger partial charge in [0.25, 0.3) is 0 Å². The maximum atomic E-state index is 10.7. The summed E-state index contributed by atoms with van der Waals surface area (Å²) in [6, 6.07) is 0. The van der Waals surface area contributed by atoms with Gasteiger partial charge in [-0.15, -0.1) is 0 Å². The monoisotopic (exact) mass is 169 g/mol. The van der Waals surface area contributed by atoms with Gasteiger partial charge in [0.15, 0.2) is 17.0 Å². The summed E-state index contributed by atoms with van der Waals surface area (Å²) in [4.78, 5) is 16.5. The smallest absolute Gasteiger partial charge is 0.348 e. The highest BCUT2D eigenvalue weighted by Gasteiger charge is 2.04. The Labute approximate surface area is 64.4 Å². The van der Waals surface area contributed by atoms with Crippen LogP contribution in [0, 0.1) is 0 Å². The summed E-state index contributed by atoms with van der Waals surface area (Å²) >= 11 is 0.986. The number of fused-ring (bicyclic) bond motifs is 1. The van der Waals surface area contributed by atoms with Crippen molar-refractivity contribution in [1.29, 1.82) is 0 Å². The minimum atomic E-state index is -0.498. The van der Waals surface area contributed by atoms with Gasteiger partial charge in [-0.2, -0.15) is 13.7 Å². The van der Waals surface area contributed by atoms with Gasteiger partial charge >= 0.3 is 5.69 Å². The second kappa shape index (κ2) is 1.99. The van der Waals surface area contributed by atoms with Crippen LogP contribution in [-0.2, 0) is 0 Å². The molecule has 0 radical (unpaired) electrons. The van der Waals surface area contributed by atoms with Crippen molar-refractivity contribution in [2.24, 2.45) is 0 Å². The number of hydrogen-bond donors (Lipinski definition) is 2. The first kappa shape index (κ1) is 6.23. The summed E-state index contributed by atoms with van der Waals surface area (Å²) in [5.41, 5.74) is 5.73. The molecule has 7 heteroatoms. The molecule has 0 saturated carbocycles. The summed E-state index contributed by atoms with van der Waals surface area (Å²) in [6.45, 7) is 0. The minimum absolute atomic E-state index is 0.123. The number of rotatable bonds is 0. The first-order valence-electron chi connectivity index (χ1n) is 2.75. The van der Waals surface area contributed by atoms with Crippen molar-refractivity contribution in [3.05, 3.63) is 10.5 Å². The lowest BCUT2D eigenvalue weighted by Crippen LogP contribution is -2.12. The van der Waals surface area contributed by atoms with Crippen LogP contribution >= 0.6 is 11.7 Å². The molecule has 2 aromatic heterocycles. The number of H-pyrrole nitrogens is 1. The van der Waals surface area contributed by atoms with E-state index in [1.807, 2.05) is 0 Å². The third-order valence-electron chi connectivity index (χ3n) is 1.18. The molecule has 0 amide bonds. The highest BCUT2D eigenvalue weighted by molar-refractivity contribution is 7.00. The average Bonchev–Trinajstić information content (AvgIpc) is 2.34. The van der Waals surface area contributed by atoms with E-state index in [0.717, 1.165) is 11.7 Å². The van der Waals surface area contributed by atoms with E-state index in [-0.39, 0.29) is 5.82 Å². The number of nitrogens with one attached hydrogen (secondary N) is 1. The summed E-state index contributed by atoms with van der Waals surface area (Å²) in [6.07, 6.45) is 0. The SMILES string of the molecule is Nc1nc(=O)[nH]c2nsnc12. The lowest BCUT2D eigenvalue weighted by Gasteiger charge is -1.88. The number of hydrogen-bond acceptors (Lipinski definition) is 6. The molecule has 0 spiro atoms. The Balaban J connectivity index is 3.02. The second-order valence-electron chi connectivity index (χ2n) is 1.89. The number of nitrogens with two attached hydrogens (primary N) is 1. The zero-order valence-corrected chi connectivity index (χ0v) is 6.05. The van der Waals surface area contributed by atoms with E-state index in [9.17, 15) is 4.79 Å². The molecule has 0 aliphatic carbocycles. The Morgan fingerprint density at radius 3 is 3.09 bits per heavy atom. The van der Waals surface area contributed by atoms with E-state index in [2.05, 4.69) is 18.7 Å². The van der Waals surface area contributed by atoms with Crippen LogP contribution in [0.1, 0.15) is 0 Å². The highest BCUT2D eigenvalue weighted by Crippen LogP contribution is 2.10. The first-order valence-corrected chi connectivity index (χ1v) is 3.48. The topological polar surface area (TPSA) is 97.5 Å². The molecule has 0 aliphatic heterocycles. The zero-order chi connectivity index (χ0) is 7.84. The predicted octanol–water partition coefficient (Wildman–Crippen LogP) is -0.643. The fourth-order valence-corrected chi connectivity index (χ4v) is 1.25. The number of aromatic nitrogens is 4. The van der Waals surface area contributed by atoms with Crippen LogP contribution in [0.3, 0.4) is 0 Å². The van der Waals surface area contributed by atoms with Crippen molar-refractivity contribution < 1.29 is 0 Å². The molecule has 2 heterocycles. The molecule has 0 atom stereocenters. The van der Waals surface area contributed by atoms with Gasteiger partial charge in [0.1, 0.15) is 0 Å². The number of nitrogens with zero attached hydrogens (tertiary/aromatic N) is 3. The van der Waals surface area contributed by atoms with Crippen LogP contribution < -0.4 is 11.4 Å². The van der Waals surface area contributed by atoms with Crippen LogP contribution in [0.2, 0.25) is 0 Å². The lowest BCUT2D eigenvalue weighted by atomic mass is 10.5. The Bertz CT molecular complexity index is 445. The fraction of sp³-hybridized carbons (Fsp3) is 0. The van der Waals surface area contributed by atoms with Gasteiger partial charge in [-0.05, 0) is 0 Å². The molecule has 0 fully saturated rings. The van der Waals surface area contributed by atoms with Crippen LogP contribution in [0.25, 0.3) is 11.2 Å². The van der Waals surface area contributed by atoms with E-state index >= 15 is 0 Å². The van der Waals surface area contributed by atoms with Crippen LogP contribution in [-0.4, -0.2) is 18.7 Å². The molecule has 0 unspecified atom stereocenters. The van der Waals surface area contributed by atoms with E-state index in [0.29, 0.717) is 11.2 Å². The van der Waals surface area contributed by atoms with E-state index in [4.69, 9.17) is 5.73 Å². The molecule has 0 bridgehead atoms. The third kappa shape index (κ3) is 0.855. The lowest BCUT2D eigenvalue weighted by molar-refractivity contribution is 1.11. The zero-order valence-electron chi connectivity index (χ0n) is 5.24. The largest absolute Gasteiger partial charge is 0.382 e. The van der Waals surface area contributed by atoms with Crippen molar-refractivity contribution in [3.63, 3.8) is 0 Å². The van der Waals surface area contributed by atoms with E-state index in [1.165, 1.54) is 0 Å². The van der Waals surface area contributed by atoms with Crippen molar-refractivity contribution in [1.82, 2.24) is 18.7 Å². The normalized spacial score (nSPS) is 10.5. The summed E-state index contributed by atoms with van der Waals surface area (Å²) in [5, 5.41) is 0. The van der Waals surface area contributed by atoms with Gasteiger partial charge in [-0.25, -0.2) is 4.79 Å². The Morgan fingerprint density at radius 1 is 1.45 bits per heavy atom. The van der Waals surface area contributed by atoms with Gasteiger partial charge < -0.3 is 5.73 Å². The molecule has 11 heavy (non-hydrogen) atoms. The fourth-order valence-electron chi connectivity index (χ4n) is 0.730. The molecular formula is C4H3N5OS. The molecule has 0 aromatic carbocycles. The van der Waals surface area contributed by atoms with Crippen LogP contribution in [0.4, 0.5) is 5.82 Å². The van der Waals surface area contributed by atoms with Gasteiger partial charge in [0, 0.05) is 0 Å². The van der Waals surface area contributed by atoms with E-state index in [1.54, 1.807) is 0 Å². The first-order chi connectivity index (χ1) is 5.27. The molecule has 2 rings (SSSR count). The van der Waals surface area contributed by atoms with Crippen LogP contribution in [0.15, 0.2) is 4.79 Å². The summed E-state index contributed by atoms with van der Waals surface area (Å²) in [7, 11) is 0. The average molecular weight is 169 g/mol. The number of aromatic amines is 1. The summed E-state index contributed by atoms with van der Waals surface area (Å²) in [5.74, 6) is 0.123. The number of nitrogen functional groups attached to an aromatic ring is 1. The predicted molar refractivity (Wildman–Crippen MR) is 40.2 cm³/mol. The van der Waals surface area contributed by atoms with Crippen molar-refractivity contribution in [3.8, 4) is 0 Å². The maximum absolute atomic E-state index is 10.7. The van der Waals surface area contributed by atoms with Crippen molar-refractivity contribution >= 4 is 28.7 Å². The van der Waals surface area contributed by atoms with Gasteiger partial charge in [0.2, 0.25) is 0 Å². The molecule has 56 valence electrons. The molecule has 2 aromatic rings. The Morgan fingerprint density at radius 2 is 2.27 bits per heavy atom. The van der Waals surface area contributed by atoms with Crippen LogP contribution in [0.5, 0.6) is 0 Å². The summed E-state index contributed by atoms with van der Waals surface area (Å²) < 4.78 is 7.63. The maximum Gasteiger partial charge on any atom is 0.348 e. The van der Waals surface area contributed by atoms with Gasteiger partial charge in [-0.1, -0.05) is 0 Å². The van der Waals surface area contributed by atoms with Gasteiger partial charge in [0.05, 0.1) is 11.7 Å². The van der Waals surface area contributed by atoms with E-state index < -0.39 is 5.69 Å². The highest BCUT2D eigenvalue weighted by atomic mass is 32.1. The van der Waals surface area contributed by atoms with Gasteiger partial charge in [-0.3, -0.25) is 4.98 Å². The number of anilines is 1. The van der Waals surface area contributed by atoms with Crippen molar-refractivity contribution in [2.75, 3.05) is 5.73 Å². The minimum Gasteiger partial charge on any atom is -0.382 e. The standard InChI is InChI=1S/C4H3N5OS/c5-2-1-3(9-11-8-1)7-4(10)6-2/h(H3,5,6,7,9,10). The molecule has 0 aliphatic rings. The molecule has 3 N–H and O–H groups in total. The molecule has 6 nitrogen and oxygen atoms in total. The molecule has 0 saturated heterocycles. The third-order valence-corrected chi connectivity index (χ3v) is 1.71.